The van der Waals surface area contributed by atoms with Gasteiger partial charge in [0.15, 0.2) is 0 Å². The predicted molar refractivity (Wildman–Crippen MR) is 75.5 cm³/mol. The van der Waals surface area contributed by atoms with Crippen molar-refractivity contribution < 1.29 is 9.90 Å². The number of aromatic nitrogens is 1. The molecule has 1 heterocycles. The first-order chi connectivity index (χ1) is 9.41. The van der Waals surface area contributed by atoms with Crippen LogP contribution in [0.1, 0.15) is 49.9 Å². The zero-order valence-electron chi connectivity index (χ0n) is 11.9. The van der Waals surface area contributed by atoms with Crippen LogP contribution >= 0.6 is 0 Å². The molecule has 0 spiro atoms. The summed E-state index contributed by atoms with van der Waals surface area (Å²) in [5.74, 6) is -0.377. The number of rotatable bonds is 4. The lowest BCUT2D eigenvalue weighted by Crippen LogP contribution is -2.34. The highest BCUT2D eigenvalue weighted by molar-refractivity contribution is 5.69. The first-order valence-corrected chi connectivity index (χ1v) is 6.84. The molecule has 0 fully saturated rings. The lowest BCUT2D eigenvalue weighted by atomic mass is 9.94. The van der Waals surface area contributed by atoms with Crippen molar-refractivity contribution in [3.8, 4) is 6.07 Å². The van der Waals surface area contributed by atoms with E-state index in [4.69, 9.17) is 5.11 Å². The molecule has 0 unspecified atom stereocenters. The molecule has 0 radical (unpaired) electrons. The third kappa shape index (κ3) is 3.27. The Hall–Kier alpha value is -2.09. The van der Waals surface area contributed by atoms with Gasteiger partial charge in [-0.3, -0.25) is 4.79 Å². The number of nitrogens with zero attached hydrogens (tertiary/aromatic N) is 2. The number of nitrogens with one attached hydrogen (secondary N) is 1. The molecule has 0 saturated carbocycles. The fourth-order valence-electron chi connectivity index (χ4n) is 2.56. The summed E-state index contributed by atoms with van der Waals surface area (Å²) < 4.78 is 0. The second-order valence-electron chi connectivity index (χ2n) is 5.89. The smallest absolute Gasteiger partial charge is 0.305 e. The van der Waals surface area contributed by atoms with Gasteiger partial charge >= 0.3 is 5.97 Å². The van der Waals surface area contributed by atoms with E-state index in [0.29, 0.717) is 11.4 Å². The average molecular weight is 273 g/mol. The van der Waals surface area contributed by atoms with Gasteiger partial charge in [-0.2, -0.15) is 5.26 Å². The number of pyridine rings is 1. The van der Waals surface area contributed by atoms with Crippen molar-refractivity contribution in [2.24, 2.45) is 0 Å². The van der Waals surface area contributed by atoms with Gasteiger partial charge in [0.05, 0.1) is 12.0 Å². The Morgan fingerprint density at radius 1 is 1.50 bits per heavy atom. The first kappa shape index (κ1) is 14.3. The summed E-state index contributed by atoms with van der Waals surface area (Å²) in [6.07, 6.45) is 4.11. The molecular weight excluding hydrogens is 254 g/mol. The van der Waals surface area contributed by atoms with Crippen LogP contribution in [0.2, 0.25) is 0 Å². The number of carboxylic acids is 1. The molecule has 0 bridgehead atoms. The Labute approximate surface area is 118 Å². The Morgan fingerprint density at radius 3 is 2.85 bits per heavy atom. The van der Waals surface area contributed by atoms with Crippen molar-refractivity contribution in [2.75, 3.05) is 5.32 Å². The molecule has 2 rings (SSSR count). The molecule has 0 aromatic carbocycles. The van der Waals surface area contributed by atoms with Gasteiger partial charge in [0.1, 0.15) is 11.9 Å². The lowest BCUT2D eigenvalue weighted by molar-refractivity contribution is -0.137. The minimum atomic E-state index is -0.876. The van der Waals surface area contributed by atoms with E-state index in [1.165, 1.54) is 0 Å². The van der Waals surface area contributed by atoms with E-state index in [1.807, 2.05) is 6.07 Å². The molecule has 1 aliphatic rings. The SMILES string of the molecule is CC(C)(CC(=O)O)Nc1nc2c(cc1C#N)CCCC2. The summed E-state index contributed by atoms with van der Waals surface area (Å²) in [6.45, 7) is 3.59. The second-order valence-corrected chi connectivity index (χ2v) is 5.89. The number of aliphatic carboxylic acids is 1. The summed E-state index contributed by atoms with van der Waals surface area (Å²) in [5.41, 5.74) is 2.02. The fraction of sp³-hybridized carbons (Fsp3) is 0.533. The van der Waals surface area contributed by atoms with Gasteiger partial charge in [-0.15, -0.1) is 0 Å². The Balaban J connectivity index is 2.31. The van der Waals surface area contributed by atoms with Crippen molar-refractivity contribution in [1.82, 2.24) is 4.98 Å². The highest BCUT2D eigenvalue weighted by Crippen LogP contribution is 2.26. The maximum atomic E-state index is 10.9. The molecule has 0 atom stereocenters. The van der Waals surface area contributed by atoms with E-state index in [-0.39, 0.29) is 6.42 Å². The van der Waals surface area contributed by atoms with Crippen LogP contribution in [0.5, 0.6) is 0 Å². The third-order valence-corrected chi connectivity index (χ3v) is 3.47. The van der Waals surface area contributed by atoms with Crippen molar-refractivity contribution in [3.05, 3.63) is 22.9 Å². The minimum Gasteiger partial charge on any atom is -0.481 e. The topological polar surface area (TPSA) is 86.0 Å². The molecule has 5 nitrogen and oxygen atoms in total. The predicted octanol–water partition coefficient (Wildman–Crippen LogP) is 2.50. The molecule has 2 N–H and O–H groups in total. The number of anilines is 1. The Morgan fingerprint density at radius 2 is 2.20 bits per heavy atom. The van der Waals surface area contributed by atoms with Crippen molar-refractivity contribution in [3.63, 3.8) is 0 Å². The van der Waals surface area contributed by atoms with Crippen molar-refractivity contribution in [1.29, 1.82) is 5.26 Å². The number of hydrogen-bond donors (Lipinski definition) is 2. The zero-order chi connectivity index (χ0) is 14.8. The molecule has 0 saturated heterocycles. The number of carboxylic acid groups (broad SMARTS) is 1. The summed E-state index contributed by atoms with van der Waals surface area (Å²) in [4.78, 5) is 15.4. The van der Waals surface area contributed by atoms with Gasteiger partial charge in [-0.1, -0.05) is 0 Å². The van der Waals surface area contributed by atoms with Gasteiger partial charge in [0.25, 0.3) is 0 Å². The Bertz CT molecular complexity index is 573. The molecule has 0 aliphatic heterocycles. The van der Waals surface area contributed by atoms with Crippen LogP contribution in [0.3, 0.4) is 0 Å². The van der Waals surface area contributed by atoms with Crippen LogP contribution in [0.15, 0.2) is 6.07 Å². The molecule has 1 aliphatic carbocycles. The molecule has 5 heteroatoms. The summed E-state index contributed by atoms with van der Waals surface area (Å²) in [5, 5.41) is 21.3. The van der Waals surface area contributed by atoms with Crippen LogP contribution in [0, 0.1) is 11.3 Å². The van der Waals surface area contributed by atoms with E-state index >= 15 is 0 Å². The number of nitriles is 1. The summed E-state index contributed by atoms with van der Waals surface area (Å²) in [7, 11) is 0. The highest BCUT2D eigenvalue weighted by Gasteiger charge is 2.24. The molecular formula is C15H19N3O2. The van der Waals surface area contributed by atoms with E-state index in [1.54, 1.807) is 13.8 Å². The molecule has 20 heavy (non-hydrogen) atoms. The van der Waals surface area contributed by atoms with E-state index in [9.17, 15) is 10.1 Å². The molecule has 1 aromatic rings. The average Bonchev–Trinajstić information content (AvgIpc) is 2.35. The molecule has 1 aromatic heterocycles. The van der Waals surface area contributed by atoms with Crippen LogP contribution in [-0.2, 0) is 17.6 Å². The number of hydrogen-bond acceptors (Lipinski definition) is 4. The monoisotopic (exact) mass is 273 g/mol. The maximum Gasteiger partial charge on any atom is 0.305 e. The Kier molecular flexibility index (Phi) is 3.93. The number of aryl methyl sites for hydroxylation is 2. The number of carbonyl (C=O) groups is 1. The largest absolute Gasteiger partial charge is 0.481 e. The van der Waals surface area contributed by atoms with Gasteiger partial charge < -0.3 is 10.4 Å². The molecule has 0 amide bonds. The van der Waals surface area contributed by atoms with Crippen LogP contribution in [0.25, 0.3) is 0 Å². The summed E-state index contributed by atoms with van der Waals surface area (Å²) in [6, 6.07) is 4.04. The summed E-state index contributed by atoms with van der Waals surface area (Å²) >= 11 is 0. The lowest BCUT2D eigenvalue weighted by Gasteiger charge is -2.26. The minimum absolute atomic E-state index is 0.0311. The standard InChI is InChI=1S/C15H19N3O2/c1-15(2,8-13(19)20)18-14-11(9-16)7-10-5-3-4-6-12(10)17-14/h7H,3-6,8H2,1-2H3,(H,17,18)(H,19,20). The fourth-order valence-corrected chi connectivity index (χ4v) is 2.56. The first-order valence-electron chi connectivity index (χ1n) is 6.84. The van der Waals surface area contributed by atoms with E-state index in [2.05, 4.69) is 16.4 Å². The second kappa shape index (κ2) is 5.49. The third-order valence-electron chi connectivity index (χ3n) is 3.47. The normalized spacial score (nSPS) is 14.2. The van der Waals surface area contributed by atoms with Crippen LogP contribution in [-0.4, -0.2) is 21.6 Å². The van der Waals surface area contributed by atoms with E-state index < -0.39 is 11.5 Å². The van der Waals surface area contributed by atoms with E-state index in [0.717, 1.165) is 36.9 Å². The molecule has 106 valence electrons. The quantitative estimate of drug-likeness (QED) is 0.880. The van der Waals surface area contributed by atoms with Gasteiger partial charge in [-0.05, 0) is 51.2 Å². The van der Waals surface area contributed by atoms with Gasteiger partial charge in [0, 0.05) is 11.2 Å². The van der Waals surface area contributed by atoms with Crippen molar-refractivity contribution >= 4 is 11.8 Å². The highest BCUT2D eigenvalue weighted by atomic mass is 16.4. The number of fused-ring (bicyclic) bond motifs is 1. The maximum absolute atomic E-state index is 10.9. The van der Waals surface area contributed by atoms with Crippen LogP contribution < -0.4 is 5.32 Å². The van der Waals surface area contributed by atoms with Gasteiger partial charge in [-0.25, -0.2) is 4.98 Å². The van der Waals surface area contributed by atoms with Crippen molar-refractivity contribution in [2.45, 2.75) is 51.5 Å². The zero-order valence-corrected chi connectivity index (χ0v) is 11.9. The van der Waals surface area contributed by atoms with Crippen LogP contribution in [0.4, 0.5) is 5.82 Å². The van der Waals surface area contributed by atoms with Gasteiger partial charge in [0.2, 0.25) is 0 Å².